The SMILES string of the molecule is CCC(C)(CO)NC(=O)c1ccn(-c2cccc(N)c2)n1. The summed E-state index contributed by atoms with van der Waals surface area (Å²) in [6.07, 6.45) is 2.33. The molecule has 0 radical (unpaired) electrons. The lowest BCUT2D eigenvalue weighted by molar-refractivity contribution is 0.0842. The number of nitrogens with one attached hydrogen (secondary N) is 1. The van der Waals surface area contributed by atoms with Crippen molar-refractivity contribution < 1.29 is 9.90 Å². The number of nitrogens with two attached hydrogens (primary N) is 1. The molecule has 1 aromatic heterocycles. The Kier molecular flexibility index (Phi) is 4.28. The number of anilines is 1. The van der Waals surface area contributed by atoms with Crippen molar-refractivity contribution in [1.29, 1.82) is 0 Å². The zero-order valence-corrected chi connectivity index (χ0v) is 12.2. The first kappa shape index (κ1) is 15.1. The predicted molar refractivity (Wildman–Crippen MR) is 81.2 cm³/mol. The van der Waals surface area contributed by atoms with Gasteiger partial charge in [-0.1, -0.05) is 13.0 Å². The highest BCUT2D eigenvalue weighted by Crippen LogP contribution is 2.13. The standard InChI is InChI=1S/C15H20N4O2/c1-3-15(2,10-20)17-14(21)13-7-8-19(18-13)12-6-4-5-11(16)9-12/h4-9,20H,3,10,16H2,1-2H3,(H,17,21). The van der Waals surface area contributed by atoms with E-state index in [0.29, 0.717) is 17.8 Å². The van der Waals surface area contributed by atoms with Crippen LogP contribution in [0.25, 0.3) is 5.69 Å². The number of aliphatic hydroxyl groups is 1. The minimum Gasteiger partial charge on any atom is -0.399 e. The fourth-order valence-electron chi connectivity index (χ4n) is 1.83. The van der Waals surface area contributed by atoms with Crippen molar-refractivity contribution in [2.75, 3.05) is 12.3 Å². The number of carbonyl (C=O) groups excluding carboxylic acids is 1. The molecule has 6 nitrogen and oxygen atoms in total. The van der Waals surface area contributed by atoms with Gasteiger partial charge in [-0.15, -0.1) is 0 Å². The Morgan fingerprint density at radius 1 is 1.48 bits per heavy atom. The molecule has 2 rings (SSSR count). The topological polar surface area (TPSA) is 93.2 Å². The molecule has 1 unspecified atom stereocenters. The van der Waals surface area contributed by atoms with Crippen LogP contribution in [0.2, 0.25) is 0 Å². The third-order valence-electron chi connectivity index (χ3n) is 3.50. The zero-order valence-electron chi connectivity index (χ0n) is 12.2. The van der Waals surface area contributed by atoms with E-state index in [1.165, 1.54) is 0 Å². The summed E-state index contributed by atoms with van der Waals surface area (Å²) in [6, 6.07) is 8.88. The van der Waals surface area contributed by atoms with Crippen LogP contribution in [0.4, 0.5) is 5.69 Å². The van der Waals surface area contributed by atoms with E-state index in [-0.39, 0.29) is 12.5 Å². The van der Waals surface area contributed by atoms with Crippen LogP contribution in [0.3, 0.4) is 0 Å². The second-order valence-electron chi connectivity index (χ2n) is 5.27. The first-order chi connectivity index (χ1) is 9.97. The van der Waals surface area contributed by atoms with Gasteiger partial charge >= 0.3 is 0 Å². The van der Waals surface area contributed by atoms with Crippen LogP contribution in [0.1, 0.15) is 30.8 Å². The van der Waals surface area contributed by atoms with Crippen molar-refractivity contribution in [3.05, 3.63) is 42.2 Å². The second-order valence-corrected chi connectivity index (χ2v) is 5.27. The summed E-state index contributed by atoms with van der Waals surface area (Å²) in [6.45, 7) is 3.58. The Balaban J connectivity index is 2.18. The van der Waals surface area contributed by atoms with E-state index in [0.717, 1.165) is 5.69 Å². The smallest absolute Gasteiger partial charge is 0.272 e. The summed E-state index contributed by atoms with van der Waals surface area (Å²) in [5.41, 5.74) is 6.81. The number of carbonyl (C=O) groups is 1. The summed E-state index contributed by atoms with van der Waals surface area (Å²) in [5, 5.41) is 16.4. The van der Waals surface area contributed by atoms with Crippen LogP contribution in [-0.2, 0) is 0 Å². The van der Waals surface area contributed by atoms with E-state index in [1.807, 2.05) is 19.1 Å². The second kappa shape index (κ2) is 5.97. The van der Waals surface area contributed by atoms with Gasteiger partial charge in [-0.25, -0.2) is 4.68 Å². The van der Waals surface area contributed by atoms with E-state index in [1.54, 1.807) is 36.0 Å². The van der Waals surface area contributed by atoms with Crippen molar-refractivity contribution in [3.8, 4) is 5.69 Å². The summed E-state index contributed by atoms with van der Waals surface area (Å²) < 4.78 is 1.59. The number of aromatic nitrogens is 2. The van der Waals surface area contributed by atoms with Gasteiger partial charge in [-0.2, -0.15) is 5.10 Å². The number of hydrogen-bond donors (Lipinski definition) is 3. The Morgan fingerprint density at radius 2 is 2.24 bits per heavy atom. The van der Waals surface area contributed by atoms with Crippen LogP contribution in [-0.4, -0.2) is 32.9 Å². The molecular weight excluding hydrogens is 268 g/mol. The molecule has 21 heavy (non-hydrogen) atoms. The molecule has 4 N–H and O–H groups in total. The molecule has 1 heterocycles. The molecule has 0 bridgehead atoms. The number of rotatable bonds is 5. The summed E-state index contributed by atoms with van der Waals surface area (Å²) in [5.74, 6) is -0.309. The molecule has 2 aromatic rings. The van der Waals surface area contributed by atoms with Gasteiger partial charge in [-0.3, -0.25) is 4.79 Å². The predicted octanol–water partition coefficient (Wildman–Crippen LogP) is 1.35. The quantitative estimate of drug-likeness (QED) is 0.724. The molecule has 0 aliphatic rings. The van der Waals surface area contributed by atoms with Gasteiger partial charge in [0.15, 0.2) is 5.69 Å². The van der Waals surface area contributed by atoms with Crippen LogP contribution < -0.4 is 11.1 Å². The summed E-state index contributed by atoms with van der Waals surface area (Å²) in [4.78, 5) is 12.2. The van der Waals surface area contributed by atoms with Gasteiger partial charge in [0.1, 0.15) is 0 Å². The van der Waals surface area contributed by atoms with Crippen molar-refractivity contribution in [2.24, 2.45) is 0 Å². The number of nitrogen functional groups attached to an aromatic ring is 1. The highest BCUT2D eigenvalue weighted by molar-refractivity contribution is 5.92. The van der Waals surface area contributed by atoms with Crippen molar-refractivity contribution in [2.45, 2.75) is 25.8 Å². The molecule has 1 atom stereocenters. The number of amides is 1. The van der Waals surface area contributed by atoms with Gasteiger partial charge < -0.3 is 16.2 Å². The normalized spacial score (nSPS) is 13.7. The van der Waals surface area contributed by atoms with Crippen molar-refractivity contribution in [3.63, 3.8) is 0 Å². The molecule has 112 valence electrons. The number of hydrogen-bond acceptors (Lipinski definition) is 4. The largest absolute Gasteiger partial charge is 0.399 e. The number of aliphatic hydroxyl groups excluding tert-OH is 1. The van der Waals surface area contributed by atoms with E-state index in [9.17, 15) is 9.90 Å². The maximum atomic E-state index is 12.2. The lowest BCUT2D eigenvalue weighted by atomic mass is 10.0. The van der Waals surface area contributed by atoms with Crippen molar-refractivity contribution >= 4 is 11.6 Å². The molecule has 0 fully saturated rings. The van der Waals surface area contributed by atoms with Gasteiger partial charge in [-0.05, 0) is 37.6 Å². The number of benzene rings is 1. The van der Waals surface area contributed by atoms with Gasteiger partial charge in [0, 0.05) is 11.9 Å². The Hall–Kier alpha value is -2.34. The molecule has 0 aliphatic heterocycles. The molecule has 0 aliphatic carbocycles. The van der Waals surface area contributed by atoms with E-state index >= 15 is 0 Å². The molecule has 1 amide bonds. The van der Waals surface area contributed by atoms with E-state index < -0.39 is 5.54 Å². The van der Waals surface area contributed by atoms with E-state index in [4.69, 9.17) is 5.73 Å². The molecule has 6 heteroatoms. The van der Waals surface area contributed by atoms with Gasteiger partial charge in [0.25, 0.3) is 5.91 Å². The highest BCUT2D eigenvalue weighted by atomic mass is 16.3. The lowest BCUT2D eigenvalue weighted by Crippen LogP contribution is -2.48. The Labute approximate surface area is 123 Å². The molecule has 0 saturated carbocycles. The van der Waals surface area contributed by atoms with Gasteiger partial charge in [0.05, 0.1) is 17.8 Å². The van der Waals surface area contributed by atoms with Crippen LogP contribution in [0.5, 0.6) is 0 Å². The zero-order chi connectivity index (χ0) is 15.5. The van der Waals surface area contributed by atoms with E-state index in [2.05, 4.69) is 10.4 Å². The third kappa shape index (κ3) is 3.41. The molecule has 0 spiro atoms. The highest BCUT2D eigenvalue weighted by Gasteiger charge is 2.24. The third-order valence-corrected chi connectivity index (χ3v) is 3.50. The Bertz CT molecular complexity index is 632. The fourth-order valence-corrected chi connectivity index (χ4v) is 1.83. The summed E-state index contributed by atoms with van der Waals surface area (Å²) in [7, 11) is 0. The van der Waals surface area contributed by atoms with Crippen LogP contribution in [0, 0.1) is 0 Å². The van der Waals surface area contributed by atoms with Crippen LogP contribution in [0.15, 0.2) is 36.5 Å². The molecular formula is C15H20N4O2. The fraction of sp³-hybridized carbons (Fsp3) is 0.333. The first-order valence-electron chi connectivity index (χ1n) is 6.82. The maximum absolute atomic E-state index is 12.2. The monoisotopic (exact) mass is 288 g/mol. The molecule has 0 saturated heterocycles. The molecule has 1 aromatic carbocycles. The lowest BCUT2D eigenvalue weighted by Gasteiger charge is -2.26. The minimum atomic E-state index is -0.641. The Morgan fingerprint density at radius 3 is 2.86 bits per heavy atom. The average molecular weight is 288 g/mol. The van der Waals surface area contributed by atoms with Crippen LogP contribution >= 0.6 is 0 Å². The van der Waals surface area contributed by atoms with Gasteiger partial charge in [0.2, 0.25) is 0 Å². The average Bonchev–Trinajstić information content (AvgIpc) is 2.97. The number of nitrogens with zero attached hydrogens (tertiary/aromatic N) is 2. The summed E-state index contributed by atoms with van der Waals surface area (Å²) >= 11 is 0. The van der Waals surface area contributed by atoms with Crippen molar-refractivity contribution in [1.82, 2.24) is 15.1 Å². The minimum absolute atomic E-state index is 0.120. The maximum Gasteiger partial charge on any atom is 0.272 e. The first-order valence-corrected chi connectivity index (χ1v) is 6.82.